The van der Waals surface area contributed by atoms with E-state index < -0.39 is 0 Å². The third kappa shape index (κ3) is 2.66. The van der Waals surface area contributed by atoms with Crippen molar-refractivity contribution < 1.29 is 0 Å². The predicted molar refractivity (Wildman–Crippen MR) is 70.0 cm³/mol. The summed E-state index contributed by atoms with van der Waals surface area (Å²) in [6.07, 6.45) is 0. The summed E-state index contributed by atoms with van der Waals surface area (Å²) < 4.78 is 0. The number of imidazole rings is 1. The molecule has 0 saturated carbocycles. The van der Waals surface area contributed by atoms with Gasteiger partial charge in [-0.2, -0.15) is 0 Å². The van der Waals surface area contributed by atoms with Crippen LogP contribution in [0.1, 0.15) is 83.4 Å². The summed E-state index contributed by atoms with van der Waals surface area (Å²) in [5, 5.41) is 0. The number of rotatable bonds is 4. The minimum atomic E-state index is 0.477. The van der Waals surface area contributed by atoms with Crippen molar-refractivity contribution in [2.45, 2.75) is 66.2 Å². The summed E-state index contributed by atoms with van der Waals surface area (Å²) in [5.41, 5.74) is 2.60. The third-order valence-corrected chi connectivity index (χ3v) is 3.33. The van der Waals surface area contributed by atoms with Crippen LogP contribution in [0.5, 0.6) is 0 Å². The van der Waals surface area contributed by atoms with Crippen LogP contribution >= 0.6 is 0 Å². The SMILES string of the molecule is CC(C)c1nc(C(C)C)c(C(C)C(C)C)[nH]1. The van der Waals surface area contributed by atoms with E-state index in [1.54, 1.807) is 0 Å². The van der Waals surface area contributed by atoms with E-state index in [0.717, 1.165) is 5.82 Å². The summed E-state index contributed by atoms with van der Waals surface area (Å²) in [4.78, 5) is 8.29. The van der Waals surface area contributed by atoms with Gasteiger partial charge in [-0.05, 0) is 11.8 Å². The summed E-state index contributed by atoms with van der Waals surface area (Å²) in [5.74, 6) is 3.31. The fourth-order valence-corrected chi connectivity index (χ4v) is 1.81. The Bertz CT molecular complexity index is 335. The van der Waals surface area contributed by atoms with E-state index in [2.05, 4.69) is 53.5 Å². The van der Waals surface area contributed by atoms with Crippen molar-refractivity contribution in [2.24, 2.45) is 5.92 Å². The van der Waals surface area contributed by atoms with Gasteiger partial charge in [0, 0.05) is 17.5 Å². The number of nitrogens with zero attached hydrogens (tertiary/aromatic N) is 1. The van der Waals surface area contributed by atoms with E-state index in [1.165, 1.54) is 11.4 Å². The number of aromatic nitrogens is 2. The van der Waals surface area contributed by atoms with E-state index in [9.17, 15) is 0 Å². The van der Waals surface area contributed by atoms with Gasteiger partial charge in [-0.15, -0.1) is 0 Å². The lowest BCUT2D eigenvalue weighted by atomic mass is 9.91. The molecule has 0 aliphatic rings. The van der Waals surface area contributed by atoms with Gasteiger partial charge < -0.3 is 4.98 Å². The minimum absolute atomic E-state index is 0.477. The fourth-order valence-electron chi connectivity index (χ4n) is 1.81. The fraction of sp³-hybridized carbons (Fsp3) is 0.786. The van der Waals surface area contributed by atoms with E-state index in [1.807, 2.05) is 0 Å². The molecule has 1 aromatic heterocycles. The van der Waals surface area contributed by atoms with Gasteiger partial charge in [0.05, 0.1) is 5.69 Å². The molecule has 0 fully saturated rings. The van der Waals surface area contributed by atoms with Gasteiger partial charge in [-0.3, -0.25) is 0 Å². The molecule has 1 unspecified atom stereocenters. The molecule has 0 aliphatic heterocycles. The summed E-state index contributed by atoms with van der Waals surface area (Å²) in [6.45, 7) is 15.6. The normalized spacial score (nSPS) is 14.1. The van der Waals surface area contributed by atoms with Crippen LogP contribution in [-0.2, 0) is 0 Å². The Hall–Kier alpha value is -0.790. The molecule has 1 N–H and O–H groups in total. The summed E-state index contributed by atoms with van der Waals surface area (Å²) >= 11 is 0. The molecule has 2 nitrogen and oxygen atoms in total. The molecule has 1 aromatic rings. The molecule has 0 radical (unpaired) electrons. The lowest BCUT2D eigenvalue weighted by Gasteiger charge is -2.16. The van der Waals surface area contributed by atoms with E-state index in [-0.39, 0.29) is 0 Å². The van der Waals surface area contributed by atoms with Crippen molar-refractivity contribution in [1.82, 2.24) is 9.97 Å². The number of nitrogens with one attached hydrogen (secondary N) is 1. The molecule has 1 heterocycles. The topological polar surface area (TPSA) is 28.7 Å². The molecule has 92 valence electrons. The smallest absolute Gasteiger partial charge is 0.109 e. The second-order valence-electron chi connectivity index (χ2n) is 5.76. The van der Waals surface area contributed by atoms with E-state index in [0.29, 0.717) is 23.7 Å². The van der Waals surface area contributed by atoms with Crippen LogP contribution in [0.25, 0.3) is 0 Å². The Labute approximate surface area is 99.9 Å². The molecule has 0 saturated heterocycles. The van der Waals surface area contributed by atoms with Crippen LogP contribution in [0.3, 0.4) is 0 Å². The maximum atomic E-state index is 4.76. The lowest BCUT2D eigenvalue weighted by Crippen LogP contribution is -2.06. The van der Waals surface area contributed by atoms with Gasteiger partial charge in [0.1, 0.15) is 5.82 Å². The van der Waals surface area contributed by atoms with Gasteiger partial charge in [0.15, 0.2) is 0 Å². The zero-order valence-electron chi connectivity index (χ0n) is 11.8. The number of H-pyrrole nitrogens is 1. The van der Waals surface area contributed by atoms with E-state index in [4.69, 9.17) is 4.98 Å². The second kappa shape index (κ2) is 5.03. The maximum Gasteiger partial charge on any atom is 0.109 e. The molecular formula is C14H26N2. The van der Waals surface area contributed by atoms with Crippen LogP contribution in [0.2, 0.25) is 0 Å². The molecule has 0 aromatic carbocycles. The van der Waals surface area contributed by atoms with Crippen molar-refractivity contribution in [3.8, 4) is 0 Å². The molecule has 1 atom stereocenters. The Morgan fingerprint density at radius 2 is 1.44 bits per heavy atom. The standard InChI is InChI=1S/C14H26N2/c1-8(2)11(7)13-12(9(3)4)15-14(16-13)10(5)6/h8-11H,1-7H3,(H,15,16). The molecular weight excluding hydrogens is 196 g/mol. The molecule has 0 amide bonds. The molecule has 1 rings (SSSR count). The van der Waals surface area contributed by atoms with Gasteiger partial charge in [-0.1, -0.05) is 48.5 Å². The summed E-state index contributed by atoms with van der Waals surface area (Å²) in [6, 6.07) is 0. The van der Waals surface area contributed by atoms with Crippen molar-refractivity contribution in [3.05, 3.63) is 17.2 Å². The number of aromatic amines is 1. The van der Waals surface area contributed by atoms with Gasteiger partial charge in [0.2, 0.25) is 0 Å². The Kier molecular flexibility index (Phi) is 4.17. The van der Waals surface area contributed by atoms with Crippen LogP contribution in [-0.4, -0.2) is 9.97 Å². The van der Waals surface area contributed by atoms with Crippen LogP contribution in [0, 0.1) is 5.92 Å². The average Bonchev–Trinajstić information content (AvgIpc) is 2.60. The summed E-state index contributed by atoms with van der Waals surface area (Å²) in [7, 11) is 0. The Morgan fingerprint density at radius 3 is 1.81 bits per heavy atom. The molecule has 0 spiro atoms. The van der Waals surface area contributed by atoms with Crippen molar-refractivity contribution in [1.29, 1.82) is 0 Å². The zero-order chi connectivity index (χ0) is 12.5. The first-order valence-electron chi connectivity index (χ1n) is 6.44. The highest BCUT2D eigenvalue weighted by Crippen LogP contribution is 2.30. The number of hydrogen-bond acceptors (Lipinski definition) is 1. The van der Waals surface area contributed by atoms with Crippen LogP contribution in [0.4, 0.5) is 0 Å². The quantitative estimate of drug-likeness (QED) is 0.803. The van der Waals surface area contributed by atoms with E-state index >= 15 is 0 Å². The lowest BCUT2D eigenvalue weighted by molar-refractivity contribution is 0.518. The largest absolute Gasteiger partial charge is 0.345 e. The predicted octanol–water partition coefficient (Wildman–Crippen LogP) is 4.42. The van der Waals surface area contributed by atoms with Gasteiger partial charge in [-0.25, -0.2) is 4.98 Å². The van der Waals surface area contributed by atoms with Gasteiger partial charge >= 0.3 is 0 Å². The first kappa shape index (κ1) is 13.3. The Balaban J connectivity index is 3.15. The maximum absolute atomic E-state index is 4.76. The molecule has 0 bridgehead atoms. The first-order valence-corrected chi connectivity index (χ1v) is 6.44. The second-order valence-corrected chi connectivity index (χ2v) is 5.76. The monoisotopic (exact) mass is 222 g/mol. The van der Waals surface area contributed by atoms with Crippen LogP contribution < -0.4 is 0 Å². The van der Waals surface area contributed by atoms with Gasteiger partial charge in [0.25, 0.3) is 0 Å². The minimum Gasteiger partial charge on any atom is -0.345 e. The molecule has 16 heavy (non-hydrogen) atoms. The highest BCUT2D eigenvalue weighted by Gasteiger charge is 2.21. The van der Waals surface area contributed by atoms with Crippen molar-refractivity contribution in [3.63, 3.8) is 0 Å². The Morgan fingerprint density at radius 1 is 0.875 bits per heavy atom. The van der Waals surface area contributed by atoms with Crippen LogP contribution in [0.15, 0.2) is 0 Å². The third-order valence-electron chi connectivity index (χ3n) is 3.33. The first-order chi connectivity index (χ1) is 7.34. The van der Waals surface area contributed by atoms with Crippen molar-refractivity contribution >= 4 is 0 Å². The molecule has 0 aliphatic carbocycles. The highest BCUT2D eigenvalue weighted by molar-refractivity contribution is 5.23. The zero-order valence-corrected chi connectivity index (χ0v) is 11.8. The number of hydrogen-bond donors (Lipinski definition) is 1. The average molecular weight is 222 g/mol. The molecule has 2 heteroatoms. The highest BCUT2D eigenvalue weighted by atomic mass is 14.9. The van der Waals surface area contributed by atoms with Crippen molar-refractivity contribution in [2.75, 3.05) is 0 Å².